The van der Waals surface area contributed by atoms with Gasteiger partial charge in [0, 0.05) is 12.6 Å². The van der Waals surface area contributed by atoms with Crippen LogP contribution in [0, 0.1) is 0 Å². The molecule has 1 aliphatic heterocycles. The minimum Gasteiger partial charge on any atom is -0.358 e. The van der Waals surface area contributed by atoms with Gasteiger partial charge in [-0.15, -0.1) is 0 Å². The summed E-state index contributed by atoms with van der Waals surface area (Å²) >= 11 is 0. The first-order valence-corrected chi connectivity index (χ1v) is 9.06. The molecule has 27 heavy (non-hydrogen) atoms. The summed E-state index contributed by atoms with van der Waals surface area (Å²) < 4.78 is 1.61. The number of aromatic nitrogens is 2. The summed E-state index contributed by atoms with van der Waals surface area (Å²) in [7, 11) is 0. The van der Waals surface area contributed by atoms with Gasteiger partial charge in [0.2, 0.25) is 0 Å². The molecule has 0 aliphatic carbocycles. The van der Waals surface area contributed by atoms with Crippen molar-refractivity contribution in [1.29, 1.82) is 0 Å². The lowest BCUT2D eigenvalue weighted by molar-refractivity contribution is 0.206. The Morgan fingerprint density at radius 1 is 1.00 bits per heavy atom. The average molecular weight is 362 g/mol. The monoisotopic (exact) mass is 362 g/mol. The van der Waals surface area contributed by atoms with Crippen molar-refractivity contribution in [2.75, 3.05) is 12.0 Å². The lowest BCUT2D eigenvalue weighted by Gasteiger charge is -2.35. The Hall–Kier alpha value is -3.12. The molecule has 1 atom stereocenters. The Kier molecular flexibility index (Phi) is 4.64. The molecule has 0 unspecified atom stereocenters. The van der Waals surface area contributed by atoms with Gasteiger partial charge in [-0.1, -0.05) is 60.7 Å². The summed E-state index contributed by atoms with van der Waals surface area (Å²) in [5, 5.41) is 3.30. The van der Waals surface area contributed by atoms with Gasteiger partial charge in [0.05, 0.1) is 18.8 Å². The Morgan fingerprint density at radius 2 is 1.67 bits per heavy atom. The number of rotatable bonds is 4. The predicted molar refractivity (Wildman–Crippen MR) is 106 cm³/mol. The molecule has 0 spiro atoms. The van der Waals surface area contributed by atoms with Crippen molar-refractivity contribution in [1.82, 2.24) is 14.5 Å². The van der Waals surface area contributed by atoms with Crippen molar-refractivity contribution in [3.05, 3.63) is 98.2 Å². The van der Waals surface area contributed by atoms with Crippen molar-refractivity contribution in [3.8, 4) is 0 Å². The third-order valence-corrected chi connectivity index (χ3v) is 5.12. The number of benzene rings is 2. The second-order valence-electron chi connectivity index (χ2n) is 6.83. The van der Waals surface area contributed by atoms with Gasteiger partial charge in [-0.25, -0.2) is 4.79 Å². The summed E-state index contributed by atoms with van der Waals surface area (Å²) in [6, 6.07) is 20.1. The topological polar surface area (TPSA) is 70.1 Å². The maximum absolute atomic E-state index is 12.5. The van der Waals surface area contributed by atoms with Crippen LogP contribution in [0.3, 0.4) is 0 Å². The van der Waals surface area contributed by atoms with E-state index in [2.05, 4.69) is 34.3 Å². The second-order valence-corrected chi connectivity index (χ2v) is 6.83. The molecule has 6 heteroatoms. The minimum atomic E-state index is -0.389. The van der Waals surface area contributed by atoms with Crippen LogP contribution in [0.15, 0.2) is 70.3 Å². The Morgan fingerprint density at radius 3 is 2.37 bits per heavy atom. The molecular weight excluding hydrogens is 340 g/mol. The van der Waals surface area contributed by atoms with Gasteiger partial charge in [0.25, 0.3) is 5.56 Å². The molecule has 2 heterocycles. The molecule has 0 saturated carbocycles. The number of hydrogen-bond donors (Lipinski definition) is 2. The van der Waals surface area contributed by atoms with E-state index < -0.39 is 0 Å². The van der Waals surface area contributed by atoms with Crippen LogP contribution in [0.1, 0.15) is 29.7 Å². The molecule has 138 valence electrons. The summed E-state index contributed by atoms with van der Waals surface area (Å²) in [5.41, 5.74) is 2.09. The SMILES string of the molecule is C[C@H](c1ccccc1)N1CNc2c(c(=O)[nH]c(=O)n2Cc2ccccc2)C1. The third-order valence-electron chi connectivity index (χ3n) is 5.12. The highest BCUT2D eigenvalue weighted by Gasteiger charge is 2.26. The number of aromatic amines is 1. The molecule has 0 bridgehead atoms. The number of anilines is 1. The number of nitrogens with one attached hydrogen (secondary N) is 2. The highest BCUT2D eigenvalue weighted by molar-refractivity contribution is 5.46. The predicted octanol–water partition coefficient (Wildman–Crippen LogP) is 2.53. The van der Waals surface area contributed by atoms with Crippen molar-refractivity contribution < 1.29 is 0 Å². The van der Waals surface area contributed by atoms with E-state index in [1.807, 2.05) is 48.5 Å². The molecule has 3 aromatic rings. The normalized spacial score (nSPS) is 15.0. The van der Waals surface area contributed by atoms with Crippen LogP contribution in [-0.4, -0.2) is 21.1 Å². The highest BCUT2D eigenvalue weighted by atomic mass is 16.2. The second kappa shape index (κ2) is 7.25. The zero-order chi connectivity index (χ0) is 18.8. The molecule has 1 aromatic heterocycles. The fourth-order valence-corrected chi connectivity index (χ4v) is 3.53. The average Bonchev–Trinajstić information content (AvgIpc) is 2.71. The van der Waals surface area contributed by atoms with Crippen LogP contribution < -0.4 is 16.6 Å². The van der Waals surface area contributed by atoms with E-state index in [0.29, 0.717) is 31.1 Å². The molecule has 0 saturated heterocycles. The van der Waals surface area contributed by atoms with Crippen LogP contribution in [0.4, 0.5) is 5.82 Å². The Balaban J connectivity index is 1.67. The summed E-state index contributed by atoms with van der Waals surface area (Å²) in [6.07, 6.45) is 0. The van der Waals surface area contributed by atoms with E-state index in [4.69, 9.17) is 0 Å². The summed E-state index contributed by atoms with van der Waals surface area (Å²) in [4.78, 5) is 29.5. The molecule has 1 aliphatic rings. The summed E-state index contributed by atoms with van der Waals surface area (Å²) in [5.74, 6) is 0.615. The first kappa shape index (κ1) is 17.3. The standard InChI is InChI=1S/C21H22N4O2/c1-15(17-10-6-3-7-11-17)24-13-18-19(22-14-24)25(21(27)23-20(18)26)12-16-8-4-2-5-9-16/h2-11,15,22H,12-14H2,1H3,(H,23,26,27)/t15-/m1/s1. The Labute approximate surface area is 157 Å². The maximum atomic E-state index is 12.5. The van der Waals surface area contributed by atoms with Gasteiger partial charge in [-0.05, 0) is 18.1 Å². The van der Waals surface area contributed by atoms with Crippen LogP contribution >= 0.6 is 0 Å². The van der Waals surface area contributed by atoms with Gasteiger partial charge in [-0.2, -0.15) is 0 Å². The third kappa shape index (κ3) is 3.44. The van der Waals surface area contributed by atoms with E-state index >= 15 is 0 Å². The summed E-state index contributed by atoms with van der Waals surface area (Å²) in [6.45, 7) is 3.60. The van der Waals surface area contributed by atoms with Crippen molar-refractivity contribution in [2.45, 2.75) is 26.1 Å². The van der Waals surface area contributed by atoms with E-state index in [0.717, 1.165) is 5.56 Å². The van der Waals surface area contributed by atoms with Crippen LogP contribution in [0.25, 0.3) is 0 Å². The van der Waals surface area contributed by atoms with Gasteiger partial charge in [0.1, 0.15) is 5.82 Å². The van der Waals surface area contributed by atoms with Gasteiger partial charge in [-0.3, -0.25) is 19.2 Å². The molecule has 0 fully saturated rings. The zero-order valence-electron chi connectivity index (χ0n) is 15.2. The molecule has 0 amide bonds. The number of hydrogen-bond acceptors (Lipinski definition) is 4. The van der Waals surface area contributed by atoms with Crippen molar-refractivity contribution >= 4 is 5.82 Å². The van der Waals surface area contributed by atoms with Crippen LogP contribution in [0.5, 0.6) is 0 Å². The Bertz CT molecular complexity index is 1040. The van der Waals surface area contributed by atoms with E-state index in [9.17, 15) is 9.59 Å². The molecule has 2 aromatic carbocycles. The van der Waals surface area contributed by atoms with Crippen LogP contribution in [0.2, 0.25) is 0 Å². The number of fused-ring (bicyclic) bond motifs is 1. The first-order chi connectivity index (χ1) is 13.1. The van der Waals surface area contributed by atoms with Crippen molar-refractivity contribution in [3.63, 3.8) is 0 Å². The van der Waals surface area contributed by atoms with Crippen LogP contribution in [-0.2, 0) is 13.1 Å². The number of nitrogens with zero attached hydrogens (tertiary/aromatic N) is 2. The van der Waals surface area contributed by atoms with Gasteiger partial charge in [0.15, 0.2) is 0 Å². The van der Waals surface area contributed by atoms with Gasteiger partial charge < -0.3 is 5.32 Å². The molecular formula is C21H22N4O2. The molecule has 6 nitrogen and oxygen atoms in total. The number of H-pyrrole nitrogens is 1. The van der Waals surface area contributed by atoms with E-state index in [1.54, 1.807) is 4.57 Å². The lowest BCUT2D eigenvalue weighted by Crippen LogP contribution is -2.44. The lowest BCUT2D eigenvalue weighted by atomic mass is 10.1. The minimum absolute atomic E-state index is 0.153. The quantitative estimate of drug-likeness (QED) is 0.748. The molecule has 0 radical (unpaired) electrons. The van der Waals surface area contributed by atoms with E-state index in [-0.39, 0.29) is 17.3 Å². The molecule has 2 N–H and O–H groups in total. The maximum Gasteiger partial charge on any atom is 0.330 e. The van der Waals surface area contributed by atoms with Crippen molar-refractivity contribution in [2.24, 2.45) is 0 Å². The largest absolute Gasteiger partial charge is 0.358 e. The van der Waals surface area contributed by atoms with Gasteiger partial charge >= 0.3 is 5.69 Å². The fourth-order valence-electron chi connectivity index (χ4n) is 3.53. The highest BCUT2D eigenvalue weighted by Crippen LogP contribution is 2.26. The zero-order valence-corrected chi connectivity index (χ0v) is 15.2. The molecule has 4 rings (SSSR count). The fraction of sp³-hybridized carbons (Fsp3) is 0.238. The first-order valence-electron chi connectivity index (χ1n) is 9.06. The smallest absolute Gasteiger partial charge is 0.330 e. The van der Waals surface area contributed by atoms with E-state index in [1.165, 1.54) is 5.56 Å².